The third kappa shape index (κ3) is 4.91. The Labute approximate surface area is 193 Å². The molecule has 1 fully saturated rings. The first-order valence-electron chi connectivity index (χ1n) is 10.9. The van der Waals surface area contributed by atoms with E-state index in [2.05, 4.69) is 10.2 Å². The lowest BCUT2D eigenvalue weighted by Crippen LogP contribution is -2.48. The molecule has 1 aliphatic rings. The lowest BCUT2D eigenvalue weighted by molar-refractivity contribution is 0.102. The number of anilines is 2. The van der Waals surface area contributed by atoms with Crippen LogP contribution in [-0.2, 0) is 16.4 Å². The van der Waals surface area contributed by atoms with Gasteiger partial charge in [-0.2, -0.15) is 4.31 Å². The summed E-state index contributed by atoms with van der Waals surface area (Å²) in [7, 11) is -4.09. The molecule has 3 aromatic carbocycles. The average Bonchev–Trinajstić information content (AvgIpc) is 2.85. The number of halogens is 1. The number of carbonyl (C=O) groups excluding carboxylic acids is 1. The molecule has 1 saturated heterocycles. The van der Waals surface area contributed by atoms with Crippen LogP contribution in [0.25, 0.3) is 0 Å². The Morgan fingerprint density at radius 1 is 0.939 bits per heavy atom. The average molecular weight is 468 g/mol. The second-order valence-corrected chi connectivity index (χ2v) is 9.74. The summed E-state index contributed by atoms with van der Waals surface area (Å²) >= 11 is 0. The molecule has 3 aromatic rings. The van der Waals surface area contributed by atoms with Crippen molar-refractivity contribution in [3.63, 3.8) is 0 Å². The molecule has 0 aromatic heterocycles. The quantitative estimate of drug-likeness (QED) is 0.591. The number of piperazine rings is 1. The summed E-state index contributed by atoms with van der Waals surface area (Å²) in [6.45, 7) is 3.44. The van der Waals surface area contributed by atoms with E-state index in [9.17, 15) is 17.6 Å². The topological polar surface area (TPSA) is 69.7 Å². The van der Waals surface area contributed by atoms with E-state index >= 15 is 0 Å². The fourth-order valence-corrected chi connectivity index (χ4v) is 5.46. The fourth-order valence-electron chi connectivity index (χ4n) is 3.95. The Hall–Kier alpha value is -3.23. The third-order valence-electron chi connectivity index (χ3n) is 5.82. The Kier molecular flexibility index (Phi) is 6.76. The molecule has 1 heterocycles. The zero-order chi connectivity index (χ0) is 23.4. The van der Waals surface area contributed by atoms with E-state index in [0.29, 0.717) is 18.8 Å². The fraction of sp³-hybridized carbons (Fsp3) is 0.240. The number of rotatable bonds is 6. The first-order valence-corrected chi connectivity index (χ1v) is 12.3. The van der Waals surface area contributed by atoms with Crippen molar-refractivity contribution in [1.82, 2.24) is 4.31 Å². The van der Waals surface area contributed by atoms with Crippen LogP contribution < -0.4 is 10.2 Å². The highest BCUT2D eigenvalue weighted by molar-refractivity contribution is 7.89. The molecule has 0 aliphatic carbocycles. The van der Waals surface area contributed by atoms with Crippen molar-refractivity contribution >= 4 is 27.3 Å². The highest BCUT2D eigenvalue weighted by Gasteiger charge is 2.31. The Balaban J connectivity index is 1.52. The molecule has 1 aliphatic heterocycles. The summed E-state index contributed by atoms with van der Waals surface area (Å²) < 4.78 is 42.3. The number of amides is 1. The predicted molar refractivity (Wildman–Crippen MR) is 128 cm³/mol. The zero-order valence-corrected chi connectivity index (χ0v) is 19.2. The van der Waals surface area contributed by atoms with E-state index in [1.54, 1.807) is 6.07 Å². The molecule has 0 bridgehead atoms. The third-order valence-corrected chi connectivity index (χ3v) is 7.73. The molecule has 1 amide bonds. The molecular formula is C25H26FN3O3S. The van der Waals surface area contributed by atoms with Gasteiger partial charge in [-0.15, -0.1) is 0 Å². The van der Waals surface area contributed by atoms with E-state index < -0.39 is 26.6 Å². The lowest BCUT2D eigenvalue weighted by atomic mass is 10.1. The summed E-state index contributed by atoms with van der Waals surface area (Å²) in [5.74, 6) is -1.35. The van der Waals surface area contributed by atoms with E-state index in [1.165, 1.54) is 10.4 Å². The number of aryl methyl sites for hydroxylation is 1. The van der Waals surface area contributed by atoms with E-state index in [1.807, 2.05) is 55.5 Å². The van der Waals surface area contributed by atoms with Crippen molar-refractivity contribution in [1.29, 1.82) is 0 Å². The highest BCUT2D eigenvalue weighted by atomic mass is 32.2. The van der Waals surface area contributed by atoms with Crippen LogP contribution in [0.1, 0.15) is 22.8 Å². The molecule has 6 nitrogen and oxygen atoms in total. The monoisotopic (exact) mass is 467 g/mol. The van der Waals surface area contributed by atoms with Crippen molar-refractivity contribution in [2.75, 3.05) is 36.4 Å². The number of hydrogen-bond donors (Lipinski definition) is 1. The SMILES string of the molecule is CCc1ccccc1NC(=O)c1ccc(F)c(S(=O)(=O)N2CCN(c3ccccc3)CC2)c1. The Morgan fingerprint density at radius 3 is 2.30 bits per heavy atom. The first kappa shape index (κ1) is 22.9. The van der Waals surface area contributed by atoms with Crippen molar-refractivity contribution in [3.05, 3.63) is 89.7 Å². The summed E-state index contributed by atoms with van der Waals surface area (Å²) in [6, 6.07) is 20.6. The molecule has 33 heavy (non-hydrogen) atoms. The molecular weight excluding hydrogens is 441 g/mol. The lowest BCUT2D eigenvalue weighted by Gasteiger charge is -2.35. The van der Waals surface area contributed by atoms with Gasteiger partial charge < -0.3 is 10.2 Å². The molecule has 0 atom stereocenters. The number of nitrogens with zero attached hydrogens (tertiary/aromatic N) is 2. The minimum Gasteiger partial charge on any atom is -0.369 e. The predicted octanol–water partition coefficient (Wildman–Crippen LogP) is 4.15. The van der Waals surface area contributed by atoms with Crippen molar-refractivity contribution in [2.45, 2.75) is 18.2 Å². The smallest absolute Gasteiger partial charge is 0.255 e. The van der Waals surface area contributed by atoms with Crippen LogP contribution in [0.5, 0.6) is 0 Å². The summed E-state index contributed by atoms with van der Waals surface area (Å²) in [4.78, 5) is 14.4. The van der Waals surface area contributed by atoms with Gasteiger partial charge in [0.2, 0.25) is 10.0 Å². The molecule has 0 radical (unpaired) electrons. The van der Waals surface area contributed by atoms with Crippen LogP contribution >= 0.6 is 0 Å². The molecule has 172 valence electrons. The molecule has 0 saturated carbocycles. The maximum Gasteiger partial charge on any atom is 0.255 e. The van der Waals surface area contributed by atoms with Gasteiger partial charge in [-0.3, -0.25) is 4.79 Å². The summed E-state index contributed by atoms with van der Waals surface area (Å²) in [6.07, 6.45) is 0.731. The van der Waals surface area contributed by atoms with E-state index in [0.717, 1.165) is 29.8 Å². The minimum absolute atomic E-state index is 0.0869. The van der Waals surface area contributed by atoms with Gasteiger partial charge in [-0.1, -0.05) is 43.3 Å². The van der Waals surface area contributed by atoms with Gasteiger partial charge >= 0.3 is 0 Å². The van der Waals surface area contributed by atoms with E-state index in [4.69, 9.17) is 0 Å². The molecule has 0 spiro atoms. The number of para-hydroxylation sites is 2. The van der Waals surface area contributed by atoms with E-state index in [-0.39, 0.29) is 18.7 Å². The summed E-state index contributed by atoms with van der Waals surface area (Å²) in [5, 5.41) is 2.80. The summed E-state index contributed by atoms with van der Waals surface area (Å²) in [5.41, 5.74) is 2.71. The van der Waals surface area contributed by atoms with Crippen LogP contribution in [0, 0.1) is 5.82 Å². The number of hydrogen-bond acceptors (Lipinski definition) is 4. The normalized spacial score (nSPS) is 14.8. The van der Waals surface area contributed by atoms with Crippen molar-refractivity contribution in [3.8, 4) is 0 Å². The number of sulfonamides is 1. The second-order valence-electron chi connectivity index (χ2n) is 7.84. The minimum atomic E-state index is -4.09. The van der Waals surface area contributed by atoms with Crippen molar-refractivity contribution < 1.29 is 17.6 Å². The number of nitrogens with one attached hydrogen (secondary N) is 1. The Bertz CT molecular complexity index is 1240. The Morgan fingerprint density at radius 2 is 1.61 bits per heavy atom. The van der Waals surface area contributed by atoms with Gasteiger partial charge in [-0.25, -0.2) is 12.8 Å². The van der Waals surface area contributed by atoms with Crippen LogP contribution in [0.15, 0.2) is 77.7 Å². The van der Waals surface area contributed by atoms with Gasteiger partial charge in [0, 0.05) is 43.1 Å². The number of carbonyl (C=O) groups is 1. The largest absolute Gasteiger partial charge is 0.369 e. The van der Waals surface area contributed by atoms with Gasteiger partial charge in [0.05, 0.1) is 0 Å². The van der Waals surface area contributed by atoms with Crippen LogP contribution in [0.4, 0.5) is 15.8 Å². The standard InChI is InChI=1S/C25H26FN3O3S/c1-2-19-8-6-7-11-23(19)27-25(30)20-12-13-22(26)24(18-20)33(31,32)29-16-14-28(15-17-29)21-9-4-3-5-10-21/h3-13,18H,2,14-17H2,1H3,(H,27,30). The maximum atomic E-state index is 14.6. The molecule has 1 N–H and O–H groups in total. The zero-order valence-electron chi connectivity index (χ0n) is 18.4. The first-order chi connectivity index (χ1) is 15.9. The molecule has 0 unspecified atom stereocenters. The van der Waals surface area contributed by atoms with Gasteiger partial charge in [0.15, 0.2) is 0 Å². The van der Waals surface area contributed by atoms with Crippen LogP contribution in [0.3, 0.4) is 0 Å². The highest BCUT2D eigenvalue weighted by Crippen LogP contribution is 2.25. The maximum absolute atomic E-state index is 14.6. The van der Waals surface area contributed by atoms with Crippen molar-refractivity contribution in [2.24, 2.45) is 0 Å². The second kappa shape index (κ2) is 9.72. The van der Waals surface area contributed by atoms with Crippen LogP contribution in [-0.4, -0.2) is 44.8 Å². The van der Waals surface area contributed by atoms with Gasteiger partial charge in [0.25, 0.3) is 5.91 Å². The molecule has 8 heteroatoms. The van der Waals surface area contributed by atoms with Gasteiger partial charge in [0.1, 0.15) is 10.7 Å². The van der Waals surface area contributed by atoms with Gasteiger partial charge in [-0.05, 0) is 48.4 Å². The molecule has 4 rings (SSSR count). The number of benzene rings is 3. The van der Waals surface area contributed by atoms with Crippen LogP contribution in [0.2, 0.25) is 0 Å².